The van der Waals surface area contributed by atoms with Crippen LogP contribution in [0.1, 0.15) is 46.5 Å². The Morgan fingerprint density at radius 3 is 2.56 bits per heavy atom. The van der Waals surface area contributed by atoms with Gasteiger partial charge in [0, 0.05) is 23.8 Å². The average Bonchev–Trinajstić information content (AvgIpc) is 2.62. The first-order valence-electron chi connectivity index (χ1n) is 9.78. The van der Waals surface area contributed by atoms with E-state index in [0.717, 1.165) is 12.8 Å². The molecule has 0 amide bonds. The molecule has 0 radical (unpaired) electrons. The minimum atomic E-state index is -1.16. The van der Waals surface area contributed by atoms with Crippen LogP contribution in [0.2, 0.25) is 0 Å². The predicted molar refractivity (Wildman–Crippen MR) is 96.8 cm³/mol. The summed E-state index contributed by atoms with van der Waals surface area (Å²) in [6.45, 7) is 6.11. The van der Waals surface area contributed by atoms with E-state index in [9.17, 15) is 19.8 Å². The monoisotopic (exact) mass is 376 g/mol. The molecule has 4 aliphatic rings. The Hall–Kier alpha value is -1.50. The molecule has 1 saturated carbocycles. The van der Waals surface area contributed by atoms with Gasteiger partial charge in [-0.3, -0.25) is 9.59 Å². The lowest BCUT2D eigenvalue weighted by molar-refractivity contribution is -0.278. The van der Waals surface area contributed by atoms with E-state index in [1.807, 2.05) is 0 Å². The van der Waals surface area contributed by atoms with Gasteiger partial charge < -0.3 is 19.7 Å². The smallest absolute Gasteiger partial charge is 0.233 e. The zero-order chi connectivity index (χ0) is 19.7. The first-order chi connectivity index (χ1) is 12.7. The van der Waals surface area contributed by atoms with Crippen LogP contribution < -0.4 is 0 Å². The molecule has 1 saturated heterocycles. The summed E-state index contributed by atoms with van der Waals surface area (Å²) in [6, 6.07) is 0. The number of hydrogen-bond acceptors (Lipinski definition) is 6. The molecule has 1 heterocycles. The number of allylic oxidation sites excluding steroid dienone is 1. The van der Waals surface area contributed by atoms with Crippen molar-refractivity contribution in [3.8, 4) is 0 Å². The highest BCUT2D eigenvalue weighted by Gasteiger charge is 2.66. The molecule has 6 heteroatoms. The van der Waals surface area contributed by atoms with Crippen molar-refractivity contribution in [1.29, 1.82) is 0 Å². The topological polar surface area (TPSA) is 93.1 Å². The lowest BCUT2D eigenvalue weighted by atomic mass is 9.46. The Kier molecular flexibility index (Phi) is 4.19. The molecule has 4 rings (SSSR count). The molecule has 148 valence electrons. The zero-order valence-electron chi connectivity index (χ0n) is 16.4. The molecule has 0 aromatic heterocycles. The Morgan fingerprint density at radius 1 is 1.22 bits per heavy atom. The first-order valence-corrected chi connectivity index (χ1v) is 9.78. The van der Waals surface area contributed by atoms with E-state index < -0.39 is 29.4 Å². The van der Waals surface area contributed by atoms with E-state index in [1.54, 1.807) is 21.0 Å². The second-order valence-corrected chi connectivity index (χ2v) is 9.09. The number of ketones is 2. The molecule has 27 heavy (non-hydrogen) atoms. The van der Waals surface area contributed by atoms with Crippen LogP contribution in [-0.4, -0.2) is 47.9 Å². The standard InChI is InChI=1S/C21H28O6/c1-10(2)13-16(22)14-11(26-4)8-12-20(3)6-5-7-21(12,19(25)27-9-20)15(14)18(24)17(13)23/h10-12,19,22,25H,5-9H2,1-4H3/t11-,12+,19-,20-,21-/m1/s1. The Bertz CT molecular complexity index is 778. The summed E-state index contributed by atoms with van der Waals surface area (Å²) in [5.74, 6) is -1.76. The molecule has 2 N–H and O–H groups in total. The third-order valence-electron chi connectivity index (χ3n) is 7.37. The summed E-state index contributed by atoms with van der Waals surface area (Å²) in [5, 5.41) is 21.9. The molecule has 6 nitrogen and oxygen atoms in total. The average molecular weight is 376 g/mol. The molecule has 0 spiro atoms. The van der Waals surface area contributed by atoms with Gasteiger partial charge in [0.25, 0.3) is 0 Å². The maximum Gasteiger partial charge on any atom is 0.233 e. The van der Waals surface area contributed by atoms with Crippen LogP contribution >= 0.6 is 0 Å². The highest BCUT2D eigenvalue weighted by atomic mass is 16.6. The first kappa shape index (κ1) is 18.8. The fourth-order valence-corrected chi connectivity index (χ4v) is 6.15. The molecule has 3 aliphatic carbocycles. The maximum atomic E-state index is 13.3. The van der Waals surface area contributed by atoms with E-state index in [-0.39, 0.29) is 34.2 Å². The number of aliphatic hydroxyl groups excluding tert-OH is 2. The fraction of sp³-hybridized carbons (Fsp3) is 0.714. The number of Topliss-reactive ketones (excluding diaryl/α,β-unsaturated/α-hetero) is 2. The second-order valence-electron chi connectivity index (χ2n) is 9.09. The van der Waals surface area contributed by atoms with Crippen molar-refractivity contribution in [2.24, 2.45) is 22.7 Å². The number of methoxy groups -OCH3 is 1. The largest absolute Gasteiger partial charge is 0.507 e. The number of carbonyl (C=O) groups excluding carboxylic acids is 2. The van der Waals surface area contributed by atoms with E-state index in [4.69, 9.17) is 9.47 Å². The van der Waals surface area contributed by atoms with Crippen molar-refractivity contribution in [2.75, 3.05) is 13.7 Å². The van der Waals surface area contributed by atoms with Gasteiger partial charge in [-0.2, -0.15) is 0 Å². The molecule has 0 aromatic rings. The van der Waals surface area contributed by atoms with Gasteiger partial charge in [0.15, 0.2) is 6.29 Å². The number of hydrogen-bond donors (Lipinski definition) is 2. The normalized spacial score (nSPS) is 41.8. The Morgan fingerprint density at radius 2 is 1.93 bits per heavy atom. The lowest BCUT2D eigenvalue weighted by Gasteiger charge is -2.62. The molecule has 1 aliphatic heterocycles. The van der Waals surface area contributed by atoms with Gasteiger partial charge in [-0.15, -0.1) is 0 Å². The van der Waals surface area contributed by atoms with Crippen molar-refractivity contribution in [2.45, 2.75) is 58.8 Å². The van der Waals surface area contributed by atoms with Crippen molar-refractivity contribution < 1.29 is 29.3 Å². The van der Waals surface area contributed by atoms with Gasteiger partial charge in [0.1, 0.15) is 5.76 Å². The summed E-state index contributed by atoms with van der Waals surface area (Å²) in [4.78, 5) is 26.2. The summed E-state index contributed by atoms with van der Waals surface area (Å²) in [6.07, 6.45) is 1.28. The molecule has 2 fully saturated rings. The molecular formula is C21H28O6. The predicted octanol–water partition coefficient (Wildman–Crippen LogP) is 2.46. The second kappa shape index (κ2) is 6.00. The maximum absolute atomic E-state index is 13.3. The van der Waals surface area contributed by atoms with Crippen LogP contribution in [-0.2, 0) is 19.1 Å². The zero-order valence-corrected chi connectivity index (χ0v) is 16.4. The molecule has 5 atom stereocenters. The van der Waals surface area contributed by atoms with Crippen LogP contribution in [0.5, 0.6) is 0 Å². The summed E-state index contributed by atoms with van der Waals surface area (Å²) < 4.78 is 11.4. The third-order valence-corrected chi connectivity index (χ3v) is 7.37. The molecule has 0 aromatic carbocycles. The van der Waals surface area contributed by atoms with Gasteiger partial charge in [-0.1, -0.05) is 27.2 Å². The van der Waals surface area contributed by atoms with Crippen molar-refractivity contribution >= 4 is 11.6 Å². The Balaban J connectivity index is 2.03. The number of ether oxygens (including phenoxy) is 2. The highest BCUT2D eigenvalue weighted by molar-refractivity contribution is 6.50. The summed E-state index contributed by atoms with van der Waals surface area (Å²) >= 11 is 0. The van der Waals surface area contributed by atoms with Crippen LogP contribution in [0.25, 0.3) is 0 Å². The fourth-order valence-electron chi connectivity index (χ4n) is 6.15. The number of aliphatic hydroxyl groups is 2. The van der Waals surface area contributed by atoms with Gasteiger partial charge in [-0.05, 0) is 36.5 Å². The van der Waals surface area contributed by atoms with E-state index in [2.05, 4.69) is 6.92 Å². The number of rotatable bonds is 2. The van der Waals surface area contributed by atoms with E-state index in [1.165, 1.54) is 0 Å². The van der Waals surface area contributed by atoms with Crippen LogP contribution in [0.4, 0.5) is 0 Å². The van der Waals surface area contributed by atoms with Crippen LogP contribution in [0, 0.1) is 22.7 Å². The molecule has 0 unspecified atom stereocenters. The minimum absolute atomic E-state index is 0.0450. The molecule has 2 bridgehead atoms. The van der Waals surface area contributed by atoms with E-state index >= 15 is 0 Å². The van der Waals surface area contributed by atoms with Crippen LogP contribution in [0.15, 0.2) is 22.5 Å². The quantitative estimate of drug-likeness (QED) is 0.568. The SMILES string of the molecule is CO[C@@H]1C[C@H]2[C@]3(C)CCC[C@@]2(C2=C1C(O)=C(C(C)C)C(=O)C2=O)[C@H](O)OC3. The highest BCUT2D eigenvalue weighted by Crippen LogP contribution is 2.65. The van der Waals surface area contributed by atoms with Crippen molar-refractivity contribution in [3.05, 3.63) is 22.5 Å². The van der Waals surface area contributed by atoms with Crippen LogP contribution in [0.3, 0.4) is 0 Å². The number of carbonyl (C=O) groups is 2. The lowest BCUT2D eigenvalue weighted by Crippen LogP contribution is -2.64. The Labute approximate surface area is 159 Å². The summed E-state index contributed by atoms with van der Waals surface area (Å²) in [5.41, 5.74) is -0.404. The van der Waals surface area contributed by atoms with Gasteiger partial charge in [0.05, 0.1) is 18.1 Å². The van der Waals surface area contributed by atoms with Gasteiger partial charge in [-0.25, -0.2) is 0 Å². The van der Waals surface area contributed by atoms with Crippen molar-refractivity contribution in [3.63, 3.8) is 0 Å². The minimum Gasteiger partial charge on any atom is -0.507 e. The summed E-state index contributed by atoms with van der Waals surface area (Å²) in [7, 11) is 1.56. The molecular weight excluding hydrogens is 348 g/mol. The van der Waals surface area contributed by atoms with Gasteiger partial charge in [0.2, 0.25) is 11.6 Å². The third kappa shape index (κ3) is 2.23. The van der Waals surface area contributed by atoms with E-state index in [0.29, 0.717) is 25.0 Å². The van der Waals surface area contributed by atoms with Gasteiger partial charge >= 0.3 is 0 Å². The van der Waals surface area contributed by atoms with Crippen molar-refractivity contribution in [1.82, 2.24) is 0 Å².